The molecule has 0 atom stereocenters. The van der Waals surface area contributed by atoms with Crippen LogP contribution in [0.2, 0.25) is 19.1 Å². The summed E-state index contributed by atoms with van der Waals surface area (Å²) in [4.78, 5) is 0. The minimum Gasteiger partial charge on any atom is -0.192 e. The van der Waals surface area contributed by atoms with Crippen LogP contribution in [-0.2, 0) is 0 Å². The number of thiol groups is 1. The van der Waals surface area contributed by atoms with E-state index >= 15 is 0 Å². The van der Waals surface area contributed by atoms with Crippen LogP contribution in [-0.4, -0.2) is 13.8 Å². The molecule has 0 fully saturated rings. The molecule has 0 aliphatic heterocycles. The molecule has 1 rings (SSSR count). The number of rotatable bonds is 3. The molecule has 0 bridgehead atoms. The summed E-state index contributed by atoms with van der Waals surface area (Å²) in [6, 6.07) is 11.3. The van der Waals surface area contributed by atoms with Crippen LogP contribution >= 0.6 is 12.6 Å². The Hall–Kier alpha value is -0.723. The van der Waals surface area contributed by atoms with E-state index in [4.69, 9.17) is 5.26 Å². The topological polar surface area (TPSA) is 23.8 Å². The first-order chi connectivity index (χ1) is 6.60. The van der Waals surface area contributed by atoms with Crippen molar-refractivity contribution in [1.29, 1.82) is 5.26 Å². The van der Waals surface area contributed by atoms with Gasteiger partial charge in [-0.15, -0.1) is 0 Å². The van der Waals surface area contributed by atoms with Gasteiger partial charge in [-0.2, -0.15) is 17.9 Å². The zero-order valence-electron chi connectivity index (χ0n) is 8.62. The van der Waals surface area contributed by atoms with Crippen LogP contribution < -0.4 is 5.19 Å². The minimum absolute atomic E-state index is 0.766. The lowest BCUT2D eigenvalue weighted by molar-refractivity contribution is 1.40. The summed E-state index contributed by atoms with van der Waals surface area (Å²) < 4.78 is 0. The van der Waals surface area contributed by atoms with Crippen molar-refractivity contribution in [3.8, 4) is 6.07 Å². The maximum Gasteiger partial charge on any atom is 0.0991 e. The molecule has 1 aromatic carbocycles. The van der Waals surface area contributed by atoms with E-state index < -0.39 is 8.07 Å². The molecule has 1 nitrogen and oxygen atoms in total. The summed E-state index contributed by atoms with van der Waals surface area (Å²) >= 11 is 4.28. The zero-order valence-corrected chi connectivity index (χ0v) is 10.5. The van der Waals surface area contributed by atoms with E-state index in [1.54, 1.807) is 0 Å². The second-order valence-corrected chi connectivity index (χ2v) is 9.34. The molecular formula is C11H15NSSi. The molecule has 0 aliphatic rings. The summed E-state index contributed by atoms with van der Waals surface area (Å²) in [5.41, 5.74) is 0.766. The van der Waals surface area contributed by atoms with Gasteiger partial charge in [-0.25, -0.2) is 0 Å². The largest absolute Gasteiger partial charge is 0.192 e. The third-order valence-corrected chi connectivity index (χ3v) is 6.53. The van der Waals surface area contributed by atoms with Crippen molar-refractivity contribution in [2.24, 2.45) is 0 Å². The first kappa shape index (κ1) is 11.4. The number of hydrogen-bond donors (Lipinski definition) is 1. The van der Waals surface area contributed by atoms with Crippen molar-refractivity contribution in [3.05, 3.63) is 29.8 Å². The average Bonchev–Trinajstić information content (AvgIpc) is 2.18. The number of benzene rings is 1. The highest BCUT2D eigenvalue weighted by Gasteiger charge is 2.22. The van der Waals surface area contributed by atoms with Gasteiger partial charge in [0.2, 0.25) is 0 Å². The van der Waals surface area contributed by atoms with E-state index in [1.807, 2.05) is 18.2 Å². The predicted molar refractivity (Wildman–Crippen MR) is 66.9 cm³/mol. The van der Waals surface area contributed by atoms with Gasteiger partial charge in [0, 0.05) is 0 Å². The van der Waals surface area contributed by atoms with Crippen LogP contribution in [0.3, 0.4) is 0 Å². The fourth-order valence-electron chi connectivity index (χ4n) is 1.43. The zero-order chi connectivity index (χ0) is 10.6. The standard InChI is InChI=1S/C11H15NSSi/c1-14(2,7-6-13)11-5-3-4-10(8-11)9-12/h3-5,8,13H,6-7H2,1-2H3. The van der Waals surface area contributed by atoms with Gasteiger partial charge in [-0.3, -0.25) is 0 Å². The Labute approximate surface area is 92.2 Å². The highest BCUT2D eigenvalue weighted by Crippen LogP contribution is 2.11. The maximum atomic E-state index is 8.81. The van der Waals surface area contributed by atoms with E-state index in [0.717, 1.165) is 17.4 Å². The predicted octanol–water partition coefficient (Wildman–Crippen LogP) is 2.40. The first-order valence-corrected chi connectivity index (χ1v) is 8.55. The second kappa shape index (κ2) is 4.67. The van der Waals surface area contributed by atoms with Gasteiger partial charge in [0.05, 0.1) is 19.7 Å². The fourth-order valence-corrected chi connectivity index (χ4v) is 5.05. The third-order valence-electron chi connectivity index (χ3n) is 2.51. The first-order valence-electron chi connectivity index (χ1n) is 4.71. The van der Waals surface area contributed by atoms with Crippen molar-refractivity contribution >= 4 is 25.9 Å². The van der Waals surface area contributed by atoms with Crippen LogP contribution in [0.25, 0.3) is 0 Å². The maximum absolute atomic E-state index is 8.81. The lowest BCUT2D eigenvalue weighted by atomic mass is 10.2. The molecule has 0 saturated heterocycles. The van der Waals surface area contributed by atoms with Crippen molar-refractivity contribution in [2.75, 3.05) is 5.75 Å². The van der Waals surface area contributed by atoms with Crippen molar-refractivity contribution in [1.82, 2.24) is 0 Å². The molecule has 0 saturated carbocycles. The molecule has 0 unspecified atom stereocenters. The molecule has 74 valence electrons. The van der Waals surface area contributed by atoms with Crippen LogP contribution in [0.5, 0.6) is 0 Å². The molecular weight excluding hydrogens is 206 g/mol. The highest BCUT2D eigenvalue weighted by molar-refractivity contribution is 7.80. The van der Waals surface area contributed by atoms with E-state index in [9.17, 15) is 0 Å². The van der Waals surface area contributed by atoms with Crippen LogP contribution in [0.1, 0.15) is 5.56 Å². The molecule has 14 heavy (non-hydrogen) atoms. The Bertz CT molecular complexity index is 355. The summed E-state index contributed by atoms with van der Waals surface area (Å²) in [5.74, 6) is 0.927. The van der Waals surface area contributed by atoms with E-state index in [2.05, 4.69) is 37.9 Å². The molecule has 3 heteroatoms. The Kier molecular flexibility index (Phi) is 3.79. The fraction of sp³-hybridized carbons (Fsp3) is 0.364. The van der Waals surface area contributed by atoms with Gasteiger partial charge in [0.1, 0.15) is 0 Å². The van der Waals surface area contributed by atoms with Crippen molar-refractivity contribution in [2.45, 2.75) is 19.1 Å². The van der Waals surface area contributed by atoms with Gasteiger partial charge < -0.3 is 0 Å². The Morgan fingerprint density at radius 3 is 2.71 bits per heavy atom. The molecule has 1 aromatic rings. The normalized spacial score (nSPS) is 11.0. The van der Waals surface area contributed by atoms with Gasteiger partial charge in [-0.05, 0) is 23.9 Å². The average molecular weight is 221 g/mol. The summed E-state index contributed by atoms with van der Waals surface area (Å²) in [6.07, 6.45) is 0. The van der Waals surface area contributed by atoms with Crippen molar-refractivity contribution < 1.29 is 0 Å². The van der Waals surface area contributed by atoms with E-state index in [1.165, 1.54) is 5.19 Å². The van der Waals surface area contributed by atoms with Crippen molar-refractivity contribution in [3.63, 3.8) is 0 Å². The van der Waals surface area contributed by atoms with Crippen LogP contribution in [0, 0.1) is 11.3 Å². The number of nitrogens with zero attached hydrogens (tertiary/aromatic N) is 1. The lowest BCUT2D eigenvalue weighted by Crippen LogP contribution is -2.41. The minimum atomic E-state index is -1.35. The Morgan fingerprint density at radius 1 is 1.43 bits per heavy atom. The van der Waals surface area contributed by atoms with Gasteiger partial charge in [0.15, 0.2) is 0 Å². The van der Waals surface area contributed by atoms with Gasteiger partial charge in [0.25, 0.3) is 0 Å². The molecule has 0 aromatic heterocycles. The molecule has 0 heterocycles. The van der Waals surface area contributed by atoms with Gasteiger partial charge in [-0.1, -0.05) is 30.4 Å². The van der Waals surface area contributed by atoms with Gasteiger partial charge >= 0.3 is 0 Å². The summed E-state index contributed by atoms with van der Waals surface area (Å²) in [6.45, 7) is 4.64. The SMILES string of the molecule is C[Si](C)(CCS)c1cccc(C#N)c1. The quantitative estimate of drug-likeness (QED) is 0.615. The molecule has 0 N–H and O–H groups in total. The molecule has 0 aliphatic carbocycles. The Morgan fingerprint density at radius 2 is 2.14 bits per heavy atom. The summed E-state index contributed by atoms with van der Waals surface area (Å²) in [7, 11) is -1.35. The second-order valence-electron chi connectivity index (χ2n) is 4.05. The van der Waals surface area contributed by atoms with E-state index in [-0.39, 0.29) is 0 Å². The number of nitriles is 1. The van der Waals surface area contributed by atoms with Crippen LogP contribution in [0.4, 0.5) is 0 Å². The lowest BCUT2D eigenvalue weighted by Gasteiger charge is -2.21. The molecule has 0 spiro atoms. The summed E-state index contributed by atoms with van der Waals surface area (Å²) in [5, 5.41) is 10.2. The van der Waals surface area contributed by atoms with Crippen LogP contribution in [0.15, 0.2) is 24.3 Å². The van der Waals surface area contributed by atoms with E-state index in [0.29, 0.717) is 0 Å². The monoisotopic (exact) mass is 221 g/mol. The third kappa shape index (κ3) is 2.63. The number of hydrogen-bond acceptors (Lipinski definition) is 2. The highest BCUT2D eigenvalue weighted by atomic mass is 32.1. The Balaban J connectivity index is 3.01. The molecule has 0 amide bonds. The smallest absolute Gasteiger partial charge is 0.0991 e. The molecule has 0 radical (unpaired) electrons.